The van der Waals surface area contributed by atoms with Gasteiger partial charge < -0.3 is 9.80 Å². The van der Waals surface area contributed by atoms with E-state index in [1.54, 1.807) is 11.3 Å². The second kappa shape index (κ2) is 5.75. The van der Waals surface area contributed by atoms with Crippen LogP contribution in [0.4, 0.5) is 11.8 Å². The first kappa shape index (κ1) is 13.3. The van der Waals surface area contributed by atoms with Crippen molar-refractivity contribution in [1.29, 1.82) is 0 Å². The molecular formula is C14H19N5S. The van der Waals surface area contributed by atoms with E-state index in [4.69, 9.17) is 0 Å². The molecule has 20 heavy (non-hydrogen) atoms. The monoisotopic (exact) mass is 289 g/mol. The Labute approximate surface area is 123 Å². The standard InChI is InChI=1S/C14H19N5S/c1-18(2)12-5-6-16-14(17-12)19-8-3-4-11(10-19)13-15-7-9-20-13/h5-7,9,11H,3-4,8,10H2,1-2H3/t11-/m1/s1. The van der Waals surface area contributed by atoms with Crippen molar-refractivity contribution in [1.82, 2.24) is 15.0 Å². The van der Waals surface area contributed by atoms with Crippen LogP contribution in [0.25, 0.3) is 0 Å². The molecule has 1 saturated heterocycles. The predicted molar refractivity (Wildman–Crippen MR) is 82.7 cm³/mol. The van der Waals surface area contributed by atoms with Gasteiger partial charge in [-0.2, -0.15) is 4.98 Å². The van der Waals surface area contributed by atoms with E-state index in [-0.39, 0.29) is 0 Å². The Kier molecular flexibility index (Phi) is 3.82. The quantitative estimate of drug-likeness (QED) is 0.868. The third-order valence-corrected chi connectivity index (χ3v) is 4.53. The molecule has 0 aromatic carbocycles. The van der Waals surface area contributed by atoms with E-state index in [1.807, 2.05) is 37.5 Å². The highest BCUT2D eigenvalue weighted by Crippen LogP contribution is 2.29. The molecule has 0 radical (unpaired) electrons. The van der Waals surface area contributed by atoms with E-state index < -0.39 is 0 Å². The van der Waals surface area contributed by atoms with Gasteiger partial charge >= 0.3 is 0 Å². The number of hydrogen-bond acceptors (Lipinski definition) is 6. The summed E-state index contributed by atoms with van der Waals surface area (Å²) in [6.45, 7) is 1.99. The molecule has 2 aromatic heterocycles. The molecule has 0 bridgehead atoms. The Bertz CT molecular complexity index is 554. The molecule has 0 spiro atoms. The Morgan fingerprint density at radius 3 is 2.95 bits per heavy atom. The molecule has 106 valence electrons. The summed E-state index contributed by atoms with van der Waals surface area (Å²) in [6, 6.07) is 1.94. The maximum Gasteiger partial charge on any atom is 0.227 e. The summed E-state index contributed by atoms with van der Waals surface area (Å²) < 4.78 is 0. The number of rotatable bonds is 3. The van der Waals surface area contributed by atoms with E-state index in [1.165, 1.54) is 17.8 Å². The Hall–Kier alpha value is -1.69. The number of aromatic nitrogens is 3. The third kappa shape index (κ3) is 2.75. The average molecular weight is 289 g/mol. The van der Waals surface area contributed by atoms with Gasteiger partial charge in [0, 0.05) is 50.9 Å². The van der Waals surface area contributed by atoms with Crippen LogP contribution in [0.3, 0.4) is 0 Å². The largest absolute Gasteiger partial charge is 0.363 e. The summed E-state index contributed by atoms with van der Waals surface area (Å²) in [5.41, 5.74) is 0. The van der Waals surface area contributed by atoms with Crippen LogP contribution in [0.15, 0.2) is 23.8 Å². The van der Waals surface area contributed by atoms with Crippen molar-refractivity contribution >= 4 is 23.1 Å². The van der Waals surface area contributed by atoms with Gasteiger partial charge in [0.2, 0.25) is 5.95 Å². The zero-order valence-electron chi connectivity index (χ0n) is 11.9. The third-order valence-electron chi connectivity index (χ3n) is 3.59. The predicted octanol–water partition coefficient (Wildman–Crippen LogP) is 2.38. The van der Waals surface area contributed by atoms with Gasteiger partial charge in [-0.15, -0.1) is 11.3 Å². The van der Waals surface area contributed by atoms with E-state index >= 15 is 0 Å². The molecular weight excluding hydrogens is 270 g/mol. The van der Waals surface area contributed by atoms with Crippen LogP contribution >= 0.6 is 11.3 Å². The molecule has 3 heterocycles. The Morgan fingerprint density at radius 2 is 2.20 bits per heavy atom. The van der Waals surface area contributed by atoms with Crippen LogP contribution in [-0.4, -0.2) is 42.1 Å². The van der Waals surface area contributed by atoms with Gasteiger partial charge in [-0.25, -0.2) is 9.97 Å². The zero-order valence-corrected chi connectivity index (χ0v) is 12.7. The lowest BCUT2D eigenvalue weighted by Crippen LogP contribution is -2.35. The SMILES string of the molecule is CN(C)c1ccnc(N2CCC[C@@H](c3nccs3)C2)n1. The molecule has 2 aromatic rings. The van der Waals surface area contributed by atoms with Gasteiger partial charge in [-0.1, -0.05) is 0 Å². The molecule has 1 atom stereocenters. The molecule has 0 N–H and O–H groups in total. The smallest absolute Gasteiger partial charge is 0.227 e. The molecule has 0 aliphatic carbocycles. The number of piperidine rings is 1. The van der Waals surface area contributed by atoms with Crippen LogP contribution in [-0.2, 0) is 0 Å². The van der Waals surface area contributed by atoms with E-state index in [0.29, 0.717) is 5.92 Å². The van der Waals surface area contributed by atoms with Crippen LogP contribution < -0.4 is 9.80 Å². The van der Waals surface area contributed by atoms with E-state index in [0.717, 1.165) is 24.9 Å². The van der Waals surface area contributed by atoms with E-state index in [9.17, 15) is 0 Å². The minimum absolute atomic E-state index is 0.510. The summed E-state index contributed by atoms with van der Waals surface area (Å²) in [5.74, 6) is 2.29. The van der Waals surface area contributed by atoms with Crippen molar-refractivity contribution in [2.75, 3.05) is 37.0 Å². The molecule has 1 aliphatic rings. The summed E-state index contributed by atoms with van der Waals surface area (Å²) in [5, 5.41) is 3.29. The average Bonchev–Trinajstić information content (AvgIpc) is 3.02. The van der Waals surface area contributed by atoms with Gasteiger partial charge in [0.1, 0.15) is 5.82 Å². The summed E-state index contributed by atoms with van der Waals surface area (Å²) >= 11 is 1.75. The highest BCUT2D eigenvalue weighted by atomic mass is 32.1. The zero-order chi connectivity index (χ0) is 13.9. The van der Waals surface area contributed by atoms with Gasteiger partial charge in [0.25, 0.3) is 0 Å². The molecule has 6 heteroatoms. The molecule has 3 rings (SSSR count). The Balaban J connectivity index is 1.78. The molecule has 1 aliphatic heterocycles. The highest BCUT2D eigenvalue weighted by Gasteiger charge is 2.24. The first-order chi connectivity index (χ1) is 9.74. The molecule has 0 unspecified atom stereocenters. The molecule has 1 fully saturated rings. The van der Waals surface area contributed by atoms with Crippen LogP contribution in [0.2, 0.25) is 0 Å². The first-order valence-corrected chi connectivity index (χ1v) is 7.76. The fraction of sp³-hybridized carbons (Fsp3) is 0.500. The van der Waals surface area contributed by atoms with Crippen molar-refractivity contribution in [3.63, 3.8) is 0 Å². The summed E-state index contributed by atoms with van der Waals surface area (Å²) in [6.07, 6.45) is 6.10. The number of anilines is 2. The lowest BCUT2D eigenvalue weighted by Gasteiger charge is -2.32. The highest BCUT2D eigenvalue weighted by molar-refractivity contribution is 7.09. The second-order valence-electron chi connectivity index (χ2n) is 5.26. The maximum absolute atomic E-state index is 4.64. The summed E-state index contributed by atoms with van der Waals surface area (Å²) in [7, 11) is 4.00. The van der Waals surface area contributed by atoms with Crippen LogP contribution in [0.1, 0.15) is 23.8 Å². The van der Waals surface area contributed by atoms with Crippen molar-refractivity contribution < 1.29 is 0 Å². The topological polar surface area (TPSA) is 45.2 Å². The molecule has 5 nitrogen and oxygen atoms in total. The lowest BCUT2D eigenvalue weighted by molar-refractivity contribution is 0.502. The molecule has 0 amide bonds. The number of thiazole rings is 1. The maximum atomic E-state index is 4.64. The second-order valence-corrected chi connectivity index (χ2v) is 6.19. The summed E-state index contributed by atoms with van der Waals surface area (Å²) in [4.78, 5) is 17.8. The van der Waals surface area contributed by atoms with Crippen molar-refractivity contribution in [3.05, 3.63) is 28.8 Å². The van der Waals surface area contributed by atoms with Gasteiger partial charge in [0.15, 0.2) is 0 Å². The van der Waals surface area contributed by atoms with Crippen LogP contribution in [0.5, 0.6) is 0 Å². The lowest BCUT2D eigenvalue weighted by atomic mass is 9.99. The minimum atomic E-state index is 0.510. The van der Waals surface area contributed by atoms with Gasteiger partial charge in [-0.3, -0.25) is 0 Å². The fourth-order valence-corrected chi connectivity index (χ4v) is 3.30. The molecule has 0 saturated carbocycles. The first-order valence-electron chi connectivity index (χ1n) is 6.89. The minimum Gasteiger partial charge on any atom is -0.363 e. The normalized spacial score (nSPS) is 19.1. The van der Waals surface area contributed by atoms with Crippen molar-refractivity contribution in [3.8, 4) is 0 Å². The Morgan fingerprint density at radius 1 is 1.30 bits per heavy atom. The van der Waals surface area contributed by atoms with Crippen LogP contribution in [0, 0.1) is 0 Å². The van der Waals surface area contributed by atoms with Gasteiger partial charge in [-0.05, 0) is 18.9 Å². The van der Waals surface area contributed by atoms with Crippen molar-refractivity contribution in [2.24, 2.45) is 0 Å². The van der Waals surface area contributed by atoms with E-state index in [2.05, 4.69) is 25.2 Å². The number of nitrogens with zero attached hydrogens (tertiary/aromatic N) is 5. The van der Waals surface area contributed by atoms with Gasteiger partial charge in [0.05, 0.1) is 5.01 Å². The van der Waals surface area contributed by atoms with Crippen molar-refractivity contribution in [2.45, 2.75) is 18.8 Å². The number of hydrogen-bond donors (Lipinski definition) is 0. The fourth-order valence-electron chi connectivity index (χ4n) is 2.54.